The molecule has 0 amide bonds. The van der Waals surface area contributed by atoms with Gasteiger partial charge < -0.3 is 0 Å². The summed E-state index contributed by atoms with van der Waals surface area (Å²) in [6.07, 6.45) is 4.20. The van der Waals surface area contributed by atoms with E-state index in [9.17, 15) is 9.00 Å². The van der Waals surface area contributed by atoms with Crippen molar-refractivity contribution >= 4 is 28.2 Å². The largest absolute Gasteiger partial charge is 0.298 e. The van der Waals surface area contributed by atoms with Gasteiger partial charge in [0, 0.05) is 15.8 Å². The van der Waals surface area contributed by atoms with E-state index < -0.39 is 10.8 Å². The highest BCUT2D eigenvalue weighted by molar-refractivity contribution is 7.85. The van der Waals surface area contributed by atoms with Crippen LogP contribution in [0.15, 0.2) is 29.2 Å². The third-order valence-corrected chi connectivity index (χ3v) is 4.76. The van der Waals surface area contributed by atoms with Crippen molar-refractivity contribution in [3.8, 4) is 0 Å². The molecular formula is C13H15ClO2S. The molecule has 92 valence electrons. The van der Waals surface area contributed by atoms with Crippen molar-refractivity contribution in [1.82, 2.24) is 0 Å². The molecule has 0 spiro atoms. The van der Waals surface area contributed by atoms with Crippen LogP contribution in [0.25, 0.3) is 0 Å². The second kappa shape index (κ2) is 5.78. The molecule has 1 aliphatic carbocycles. The first-order chi connectivity index (χ1) is 8.16. The summed E-state index contributed by atoms with van der Waals surface area (Å²) in [5.74, 6) is 0.439. The van der Waals surface area contributed by atoms with E-state index in [1.807, 2.05) is 0 Å². The minimum atomic E-state index is -1.23. The second-order valence-corrected chi connectivity index (χ2v) is 6.28. The molecule has 0 radical (unpaired) electrons. The Morgan fingerprint density at radius 1 is 1.24 bits per heavy atom. The third kappa shape index (κ3) is 3.39. The molecule has 1 fully saturated rings. The number of carbonyl (C=O) groups excluding carboxylic acids is 1. The Bertz CT molecular complexity index is 422. The topological polar surface area (TPSA) is 34.1 Å². The normalized spacial score (nSPS) is 18.2. The van der Waals surface area contributed by atoms with Crippen molar-refractivity contribution < 1.29 is 9.00 Å². The molecule has 4 heteroatoms. The van der Waals surface area contributed by atoms with Gasteiger partial charge in [0.15, 0.2) is 0 Å². The molecule has 1 aliphatic rings. The average molecular weight is 271 g/mol. The lowest BCUT2D eigenvalue weighted by atomic mass is 10.0. The zero-order chi connectivity index (χ0) is 12.3. The Balaban J connectivity index is 1.96. The monoisotopic (exact) mass is 270 g/mol. The number of rotatable bonds is 4. The van der Waals surface area contributed by atoms with Gasteiger partial charge in [-0.15, -0.1) is 0 Å². The molecule has 0 aromatic heterocycles. The van der Waals surface area contributed by atoms with Gasteiger partial charge in [-0.05, 0) is 37.1 Å². The Hall–Kier alpha value is -0.670. The molecule has 0 N–H and O–H groups in total. The van der Waals surface area contributed by atoms with E-state index in [0.717, 1.165) is 25.7 Å². The van der Waals surface area contributed by atoms with Gasteiger partial charge in [0.1, 0.15) is 5.78 Å². The van der Waals surface area contributed by atoms with E-state index in [2.05, 4.69) is 0 Å². The van der Waals surface area contributed by atoms with Gasteiger partial charge in [-0.1, -0.05) is 24.4 Å². The predicted molar refractivity (Wildman–Crippen MR) is 69.7 cm³/mol. The molecular weight excluding hydrogens is 256 g/mol. The molecule has 1 saturated carbocycles. The van der Waals surface area contributed by atoms with Gasteiger partial charge in [0.05, 0.1) is 16.6 Å². The number of benzene rings is 1. The molecule has 0 heterocycles. The average Bonchev–Trinajstić information content (AvgIpc) is 2.83. The molecule has 1 aromatic carbocycles. The predicted octanol–water partition coefficient (Wildman–Crippen LogP) is 3.21. The van der Waals surface area contributed by atoms with Crippen molar-refractivity contribution in [1.29, 1.82) is 0 Å². The third-order valence-electron chi connectivity index (χ3n) is 3.16. The molecule has 0 saturated heterocycles. The van der Waals surface area contributed by atoms with Crippen LogP contribution in [-0.2, 0) is 15.6 Å². The van der Waals surface area contributed by atoms with Crippen LogP contribution >= 0.6 is 11.6 Å². The highest BCUT2D eigenvalue weighted by Gasteiger charge is 2.24. The summed E-state index contributed by atoms with van der Waals surface area (Å²) >= 11 is 5.76. The number of Topliss-reactive ketones (excluding diaryl/α,β-unsaturated/α-hetero) is 1. The number of ketones is 1. The first kappa shape index (κ1) is 12.8. The van der Waals surface area contributed by atoms with Crippen LogP contribution in [0, 0.1) is 5.92 Å². The Labute approximate surface area is 109 Å². The van der Waals surface area contributed by atoms with Crippen LogP contribution in [0.4, 0.5) is 0 Å². The summed E-state index contributed by atoms with van der Waals surface area (Å²) in [6.45, 7) is 0. The van der Waals surface area contributed by atoms with Crippen LogP contribution in [-0.4, -0.2) is 15.7 Å². The first-order valence-electron chi connectivity index (χ1n) is 5.83. The van der Waals surface area contributed by atoms with Crippen molar-refractivity contribution in [3.63, 3.8) is 0 Å². The molecule has 2 rings (SSSR count). The second-order valence-electron chi connectivity index (χ2n) is 4.39. The smallest absolute Gasteiger partial charge is 0.148 e. The Morgan fingerprint density at radius 3 is 2.41 bits per heavy atom. The van der Waals surface area contributed by atoms with Gasteiger partial charge in [-0.25, -0.2) is 0 Å². The summed E-state index contributed by atoms with van der Waals surface area (Å²) < 4.78 is 12.0. The van der Waals surface area contributed by atoms with Crippen molar-refractivity contribution in [3.05, 3.63) is 29.3 Å². The van der Waals surface area contributed by atoms with Crippen LogP contribution in [0.3, 0.4) is 0 Å². The van der Waals surface area contributed by atoms with Gasteiger partial charge in [0.25, 0.3) is 0 Å². The van der Waals surface area contributed by atoms with E-state index in [1.165, 1.54) is 0 Å². The fourth-order valence-electron chi connectivity index (χ4n) is 2.16. The molecule has 17 heavy (non-hydrogen) atoms. The maximum Gasteiger partial charge on any atom is 0.148 e. The molecule has 1 atom stereocenters. The first-order valence-corrected chi connectivity index (χ1v) is 7.53. The van der Waals surface area contributed by atoms with Gasteiger partial charge in [-0.3, -0.25) is 9.00 Å². The van der Waals surface area contributed by atoms with Gasteiger partial charge in [-0.2, -0.15) is 0 Å². The van der Waals surface area contributed by atoms with Crippen LogP contribution in [0.5, 0.6) is 0 Å². The summed E-state index contributed by atoms with van der Waals surface area (Å²) in [5, 5.41) is 0.618. The highest BCUT2D eigenvalue weighted by Crippen LogP contribution is 2.26. The minimum absolute atomic E-state index is 0.145. The summed E-state index contributed by atoms with van der Waals surface area (Å²) in [6, 6.07) is 6.85. The number of hydrogen-bond acceptors (Lipinski definition) is 2. The van der Waals surface area contributed by atoms with Crippen LogP contribution in [0.2, 0.25) is 5.02 Å². The lowest BCUT2D eigenvalue weighted by Crippen LogP contribution is -2.18. The maximum atomic E-state index is 12.0. The Morgan fingerprint density at radius 2 is 1.82 bits per heavy atom. The van der Waals surface area contributed by atoms with E-state index >= 15 is 0 Å². The van der Waals surface area contributed by atoms with E-state index in [1.54, 1.807) is 24.3 Å². The summed E-state index contributed by atoms with van der Waals surface area (Å²) in [4.78, 5) is 12.6. The molecule has 1 aromatic rings. The number of carbonyl (C=O) groups is 1. The van der Waals surface area contributed by atoms with E-state index in [-0.39, 0.29) is 17.5 Å². The zero-order valence-corrected chi connectivity index (χ0v) is 11.1. The Kier molecular flexibility index (Phi) is 4.35. The van der Waals surface area contributed by atoms with Crippen molar-refractivity contribution in [2.24, 2.45) is 5.92 Å². The molecule has 2 nitrogen and oxygen atoms in total. The lowest BCUT2D eigenvalue weighted by Gasteiger charge is -2.07. The zero-order valence-electron chi connectivity index (χ0n) is 9.52. The van der Waals surface area contributed by atoms with Gasteiger partial charge in [0.2, 0.25) is 0 Å². The molecule has 1 unspecified atom stereocenters. The van der Waals surface area contributed by atoms with Crippen molar-refractivity contribution in [2.45, 2.75) is 30.6 Å². The van der Waals surface area contributed by atoms with Crippen molar-refractivity contribution in [2.75, 3.05) is 5.75 Å². The summed E-state index contributed by atoms with van der Waals surface area (Å²) in [5.41, 5.74) is 0. The van der Waals surface area contributed by atoms with Gasteiger partial charge >= 0.3 is 0 Å². The molecule has 0 aliphatic heterocycles. The maximum absolute atomic E-state index is 12.0. The van der Waals surface area contributed by atoms with Crippen LogP contribution < -0.4 is 0 Å². The fraction of sp³-hybridized carbons (Fsp3) is 0.462. The number of halogens is 1. The quantitative estimate of drug-likeness (QED) is 0.842. The van der Waals surface area contributed by atoms with Crippen LogP contribution in [0.1, 0.15) is 25.7 Å². The molecule has 0 bridgehead atoms. The van der Waals surface area contributed by atoms with E-state index in [0.29, 0.717) is 9.92 Å². The standard InChI is InChI=1S/C13H15ClO2S/c14-11-5-7-12(8-6-11)17(16)9-13(15)10-3-1-2-4-10/h5-8,10H,1-4,9H2. The summed E-state index contributed by atoms with van der Waals surface area (Å²) in [7, 11) is -1.23. The SMILES string of the molecule is O=C(CS(=O)c1ccc(Cl)cc1)C1CCCC1. The number of hydrogen-bond donors (Lipinski definition) is 0. The fourth-order valence-corrected chi connectivity index (χ4v) is 3.39. The minimum Gasteiger partial charge on any atom is -0.298 e. The lowest BCUT2D eigenvalue weighted by molar-refractivity contribution is -0.120. The highest BCUT2D eigenvalue weighted by atomic mass is 35.5. The van der Waals surface area contributed by atoms with E-state index in [4.69, 9.17) is 11.6 Å².